The quantitative estimate of drug-likeness (QED) is 0.489. The van der Waals surface area contributed by atoms with E-state index in [4.69, 9.17) is 12.2 Å². The van der Waals surface area contributed by atoms with Gasteiger partial charge in [-0.3, -0.25) is 19.3 Å². The number of nitrogens with zero attached hydrogens (tertiary/aromatic N) is 2. The van der Waals surface area contributed by atoms with E-state index >= 15 is 0 Å². The summed E-state index contributed by atoms with van der Waals surface area (Å²) in [7, 11) is 4.06. The largest absolute Gasteiger partial charge is 0.494 e. The Kier molecular flexibility index (Phi) is 6.60. The number of H-pyrrole nitrogens is 1. The van der Waals surface area contributed by atoms with Gasteiger partial charge < -0.3 is 10.0 Å². The number of likely N-dealkylation sites (N-methyl/N-ethyl adjacent to an activating group) is 1. The van der Waals surface area contributed by atoms with E-state index in [0.29, 0.717) is 13.1 Å². The van der Waals surface area contributed by atoms with Crippen LogP contribution in [0.4, 0.5) is 0 Å². The van der Waals surface area contributed by atoms with Gasteiger partial charge in [-0.15, -0.1) is 0 Å². The van der Waals surface area contributed by atoms with Crippen molar-refractivity contribution in [1.82, 2.24) is 9.55 Å². The topological polar surface area (TPSA) is 74.8 Å². The smallest absolute Gasteiger partial charge is 0.264 e. The van der Waals surface area contributed by atoms with E-state index in [-0.39, 0.29) is 16.2 Å². The number of aromatic hydroxyl groups is 1. The van der Waals surface area contributed by atoms with Crippen LogP contribution in [0.3, 0.4) is 0 Å². The van der Waals surface area contributed by atoms with Gasteiger partial charge in [0.15, 0.2) is 4.77 Å². The monoisotopic (exact) mass is 299 g/mol. The minimum atomic E-state index is -0.402. The molecule has 0 unspecified atom stereocenters. The first kappa shape index (κ1) is 16.6. The van der Waals surface area contributed by atoms with Gasteiger partial charge in [0.25, 0.3) is 5.56 Å². The number of unbranched alkanes of at least 4 members (excludes halogenated alkanes) is 1. The summed E-state index contributed by atoms with van der Waals surface area (Å²) in [5, 5.41) is 10.2. The molecule has 0 saturated carbocycles. The number of aromatic amines is 1. The van der Waals surface area contributed by atoms with Gasteiger partial charge in [0.1, 0.15) is 5.56 Å². The van der Waals surface area contributed by atoms with Crippen LogP contribution < -0.4 is 10.5 Å². The van der Waals surface area contributed by atoms with Crippen molar-refractivity contribution in [2.45, 2.75) is 26.3 Å². The van der Waals surface area contributed by atoms with Crippen LogP contribution in [0.5, 0.6) is 5.88 Å². The maximum Gasteiger partial charge on any atom is 0.264 e. The van der Waals surface area contributed by atoms with Gasteiger partial charge in [0.05, 0.1) is 27.2 Å². The van der Waals surface area contributed by atoms with E-state index < -0.39 is 5.56 Å². The molecular weight excluding hydrogens is 276 g/mol. The Bertz CT molecular complexity index is 575. The molecule has 0 saturated heterocycles. The average molecular weight is 299 g/mol. The van der Waals surface area contributed by atoms with Crippen LogP contribution in [0.15, 0.2) is 9.79 Å². The molecule has 0 atom stereocenters. The van der Waals surface area contributed by atoms with E-state index in [2.05, 4.69) is 16.9 Å². The molecule has 0 aliphatic rings. The van der Waals surface area contributed by atoms with Crippen LogP contribution in [0.2, 0.25) is 0 Å². The fourth-order valence-electron chi connectivity index (χ4n) is 1.66. The molecule has 1 aromatic heterocycles. The molecule has 1 aromatic rings. The molecule has 0 aliphatic heterocycles. The molecule has 20 heavy (non-hydrogen) atoms. The van der Waals surface area contributed by atoms with Gasteiger partial charge in [-0.05, 0) is 18.6 Å². The second-order valence-electron chi connectivity index (χ2n) is 4.99. The lowest BCUT2D eigenvalue weighted by molar-refractivity contribution is -0.856. The van der Waals surface area contributed by atoms with Crippen molar-refractivity contribution >= 4 is 18.4 Å². The van der Waals surface area contributed by atoms with Crippen molar-refractivity contribution in [2.75, 3.05) is 27.2 Å². The Morgan fingerprint density at radius 3 is 2.80 bits per heavy atom. The van der Waals surface area contributed by atoms with Gasteiger partial charge in [-0.1, -0.05) is 13.3 Å². The van der Waals surface area contributed by atoms with Crippen molar-refractivity contribution in [1.29, 1.82) is 0 Å². The highest BCUT2D eigenvalue weighted by atomic mass is 32.1. The first-order chi connectivity index (χ1) is 9.47. The molecule has 0 aromatic carbocycles. The molecule has 0 amide bonds. The zero-order valence-electron chi connectivity index (χ0n) is 12.3. The zero-order chi connectivity index (χ0) is 15.1. The number of hydrogen-bond donors (Lipinski definition) is 3. The highest BCUT2D eigenvalue weighted by Crippen LogP contribution is 2.12. The number of aromatic nitrogens is 2. The maximum atomic E-state index is 11.8. The molecular formula is C13H23N4O2S+. The third-order valence-corrected chi connectivity index (χ3v) is 3.23. The van der Waals surface area contributed by atoms with E-state index in [1.165, 1.54) is 11.1 Å². The Hall–Kier alpha value is -1.47. The third-order valence-electron chi connectivity index (χ3n) is 2.90. The SMILES string of the molecule is CCCCn1c(O)c(C=NCC[NH+](C)C)c(=O)[nH]c1=S. The molecule has 3 N–H and O–H groups in total. The average Bonchev–Trinajstić information content (AvgIpc) is 2.37. The van der Waals surface area contributed by atoms with Crippen LogP contribution in [-0.2, 0) is 6.54 Å². The number of aliphatic imine (C=N–C) groups is 1. The summed E-state index contributed by atoms with van der Waals surface area (Å²) in [5.74, 6) is -0.104. The molecule has 0 aliphatic carbocycles. The van der Waals surface area contributed by atoms with Crippen LogP contribution >= 0.6 is 12.2 Å². The second kappa shape index (κ2) is 7.96. The summed E-state index contributed by atoms with van der Waals surface area (Å²) < 4.78 is 1.79. The lowest BCUT2D eigenvalue weighted by Crippen LogP contribution is -3.06. The van der Waals surface area contributed by atoms with E-state index in [1.807, 2.05) is 14.1 Å². The third kappa shape index (κ3) is 4.57. The minimum Gasteiger partial charge on any atom is -0.494 e. The number of hydrogen-bond acceptors (Lipinski definition) is 4. The summed E-state index contributed by atoms with van der Waals surface area (Å²) >= 11 is 5.07. The summed E-state index contributed by atoms with van der Waals surface area (Å²) in [5.41, 5.74) is -0.232. The van der Waals surface area contributed by atoms with Gasteiger partial charge >= 0.3 is 0 Å². The second-order valence-corrected chi connectivity index (χ2v) is 5.38. The summed E-state index contributed by atoms with van der Waals surface area (Å²) in [6.45, 7) is 4.11. The summed E-state index contributed by atoms with van der Waals surface area (Å²) in [6.07, 6.45) is 3.29. The molecule has 112 valence electrons. The molecule has 1 heterocycles. The molecule has 7 heteroatoms. The molecule has 6 nitrogen and oxygen atoms in total. The van der Waals surface area contributed by atoms with Crippen molar-refractivity contribution in [3.8, 4) is 5.88 Å². The fraction of sp³-hybridized carbons (Fsp3) is 0.615. The number of nitrogens with one attached hydrogen (secondary N) is 2. The Morgan fingerprint density at radius 1 is 1.50 bits per heavy atom. The van der Waals surface area contributed by atoms with Gasteiger partial charge in [-0.2, -0.15) is 0 Å². The first-order valence-electron chi connectivity index (χ1n) is 6.82. The fourth-order valence-corrected chi connectivity index (χ4v) is 1.93. The number of quaternary nitrogens is 1. The molecule has 1 rings (SSSR count). The van der Waals surface area contributed by atoms with Crippen LogP contribution in [-0.4, -0.2) is 48.1 Å². The molecule has 0 fully saturated rings. The van der Waals surface area contributed by atoms with E-state index in [9.17, 15) is 9.90 Å². The predicted molar refractivity (Wildman–Crippen MR) is 82.6 cm³/mol. The Labute approximate surface area is 123 Å². The van der Waals surface area contributed by atoms with E-state index in [0.717, 1.165) is 19.4 Å². The molecule has 0 bridgehead atoms. The standard InChI is InChI=1S/C13H22N4O2S/c1-4-5-7-17-12(19)10(11(18)15-13(17)20)9-14-6-8-16(2)3/h9,19H,4-8H2,1-3H3,(H,15,18,20)/p+1. The lowest BCUT2D eigenvalue weighted by Gasteiger charge is -2.10. The highest BCUT2D eigenvalue weighted by Gasteiger charge is 2.10. The van der Waals surface area contributed by atoms with Crippen molar-refractivity contribution in [2.24, 2.45) is 4.99 Å². The molecule has 0 radical (unpaired) electrons. The molecule has 0 spiro atoms. The van der Waals surface area contributed by atoms with E-state index in [1.54, 1.807) is 4.57 Å². The normalized spacial score (nSPS) is 11.6. The van der Waals surface area contributed by atoms with Crippen LogP contribution in [0.25, 0.3) is 0 Å². The van der Waals surface area contributed by atoms with Crippen LogP contribution in [0, 0.1) is 4.77 Å². The van der Waals surface area contributed by atoms with Crippen LogP contribution in [0.1, 0.15) is 25.3 Å². The summed E-state index contributed by atoms with van der Waals surface area (Å²) in [6, 6.07) is 0. The predicted octanol–water partition coefficient (Wildman–Crippen LogP) is -0.0250. The van der Waals surface area contributed by atoms with Crippen molar-refractivity contribution < 1.29 is 10.0 Å². The number of rotatable bonds is 7. The first-order valence-corrected chi connectivity index (χ1v) is 7.23. The Morgan fingerprint density at radius 2 is 2.20 bits per heavy atom. The lowest BCUT2D eigenvalue weighted by atomic mass is 10.3. The van der Waals surface area contributed by atoms with Crippen molar-refractivity contribution in [3.63, 3.8) is 0 Å². The van der Waals surface area contributed by atoms with Crippen molar-refractivity contribution in [3.05, 3.63) is 20.7 Å². The zero-order valence-corrected chi connectivity index (χ0v) is 13.1. The highest BCUT2D eigenvalue weighted by molar-refractivity contribution is 7.71. The maximum absolute atomic E-state index is 11.8. The van der Waals surface area contributed by atoms with Gasteiger partial charge in [0.2, 0.25) is 5.88 Å². The minimum absolute atomic E-state index is 0.104. The van der Waals surface area contributed by atoms with Gasteiger partial charge in [0, 0.05) is 12.8 Å². The Balaban J connectivity index is 3.01. The summed E-state index contributed by atoms with van der Waals surface area (Å²) in [4.78, 5) is 19.9. The van der Waals surface area contributed by atoms with Gasteiger partial charge in [-0.25, -0.2) is 0 Å².